The number of alkyl halides is 9. The van der Waals surface area contributed by atoms with Crippen LogP contribution in [0.5, 0.6) is 0 Å². The standard InChI is InChI=1S/C7H18NO.C4BF12/c1-5-8(2,3)6-7-9-4;6-1(7,2(8,9)4(12,13)14)3(10,11)5(15,16)17/h5-7H2,1-4H3;/q+1;-1. The van der Waals surface area contributed by atoms with E-state index in [1.54, 1.807) is 7.11 Å². The highest BCUT2D eigenvalue weighted by atomic mass is 19.4. The van der Waals surface area contributed by atoms with Gasteiger partial charge in [-0.2, -0.15) is 30.7 Å². The second-order valence-electron chi connectivity index (χ2n) is 5.81. The van der Waals surface area contributed by atoms with E-state index in [4.69, 9.17) is 4.74 Å². The van der Waals surface area contributed by atoms with Gasteiger partial charge in [0.2, 0.25) is 0 Å². The van der Waals surface area contributed by atoms with Crippen LogP contribution in [0.15, 0.2) is 0 Å². The Bertz CT molecular complexity index is 404. The number of hydrogen-bond acceptors (Lipinski definition) is 1. The summed E-state index contributed by atoms with van der Waals surface area (Å²) in [4.78, 5) is 0. The third-order valence-corrected chi connectivity index (χ3v) is 3.34. The minimum atomic E-state index is -7.94. The highest BCUT2D eigenvalue weighted by Crippen LogP contribution is 2.56. The minimum absolute atomic E-state index is 0.862. The molecule has 0 fully saturated rings. The monoisotopic (exact) mass is 419 g/mol. The smallest absolute Gasteiger partial charge is 0.445 e. The van der Waals surface area contributed by atoms with E-state index in [1.165, 1.54) is 6.54 Å². The maximum Gasteiger partial charge on any atom is 0.554 e. The van der Waals surface area contributed by atoms with Crippen LogP contribution in [0, 0.1) is 0 Å². The second kappa shape index (κ2) is 8.44. The van der Waals surface area contributed by atoms with Crippen molar-refractivity contribution in [2.75, 3.05) is 40.9 Å². The lowest BCUT2D eigenvalue weighted by atomic mass is 9.74. The van der Waals surface area contributed by atoms with Crippen LogP contribution in [0.25, 0.3) is 0 Å². The van der Waals surface area contributed by atoms with Crippen molar-refractivity contribution in [2.45, 2.75) is 30.8 Å². The maximum absolute atomic E-state index is 12.0. The number of methoxy groups -OCH3 is 1. The quantitative estimate of drug-likeness (QED) is 0.334. The Morgan fingerprint density at radius 2 is 1.19 bits per heavy atom. The Morgan fingerprint density at radius 1 is 0.808 bits per heavy atom. The fourth-order valence-electron chi connectivity index (χ4n) is 1.09. The van der Waals surface area contributed by atoms with Crippen LogP contribution < -0.4 is 0 Å². The third kappa shape index (κ3) is 6.10. The largest absolute Gasteiger partial charge is 0.554 e. The minimum Gasteiger partial charge on any atom is -0.445 e. The van der Waals surface area contributed by atoms with Gasteiger partial charge in [0.1, 0.15) is 6.54 Å². The fourth-order valence-corrected chi connectivity index (χ4v) is 1.09. The van der Waals surface area contributed by atoms with E-state index in [9.17, 15) is 52.5 Å². The summed E-state index contributed by atoms with van der Waals surface area (Å²) >= 11 is 0. The van der Waals surface area contributed by atoms with Gasteiger partial charge in [0.25, 0.3) is 5.82 Å². The van der Waals surface area contributed by atoms with Crippen molar-refractivity contribution in [2.24, 2.45) is 0 Å². The Kier molecular flexibility index (Phi) is 8.88. The zero-order chi connectivity index (χ0) is 21.8. The van der Waals surface area contributed by atoms with Crippen LogP contribution in [0.2, 0.25) is 0 Å². The van der Waals surface area contributed by atoms with Gasteiger partial charge in [0, 0.05) is 7.11 Å². The number of likely N-dealkylation sites (N-methyl/N-ethyl adjacent to an activating group) is 1. The number of ether oxygens (including phenoxy) is 1. The highest BCUT2D eigenvalue weighted by molar-refractivity contribution is 6.61. The number of hydrogen-bond donors (Lipinski definition) is 0. The molecule has 26 heavy (non-hydrogen) atoms. The number of rotatable bonds is 7. The van der Waals surface area contributed by atoms with E-state index >= 15 is 0 Å². The van der Waals surface area contributed by atoms with Gasteiger partial charge in [-0.15, -0.1) is 0 Å². The molecule has 2 nitrogen and oxygen atoms in total. The van der Waals surface area contributed by atoms with Crippen LogP contribution >= 0.6 is 0 Å². The Morgan fingerprint density at radius 3 is 1.42 bits per heavy atom. The van der Waals surface area contributed by atoms with Gasteiger partial charge in [-0.3, -0.25) is 0 Å². The van der Waals surface area contributed by atoms with Gasteiger partial charge in [-0.05, 0) is 6.92 Å². The number of halogens is 12. The van der Waals surface area contributed by atoms with E-state index in [-0.39, 0.29) is 0 Å². The summed E-state index contributed by atoms with van der Waals surface area (Å²) in [6.07, 6.45) is -7.25. The lowest BCUT2D eigenvalue weighted by Crippen LogP contribution is -2.67. The van der Waals surface area contributed by atoms with E-state index in [2.05, 4.69) is 21.0 Å². The zero-order valence-corrected chi connectivity index (χ0v) is 14.1. The summed E-state index contributed by atoms with van der Waals surface area (Å²) in [6.45, 7) is -2.61. The van der Waals surface area contributed by atoms with Crippen molar-refractivity contribution in [3.63, 3.8) is 0 Å². The first-order chi connectivity index (χ1) is 11.1. The van der Waals surface area contributed by atoms with Gasteiger partial charge in [-0.1, -0.05) is 0 Å². The van der Waals surface area contributed by atoms with Crippen LogP contribution in [0.3, 0.4) is 0 Å². The number of quaternary nitrogens is 1. The molecule has 0 N–H and O–H groups in total. The average Bonchev–Trinajstić information content (AvgIpc) is 2.43. The molecule has 15 heteroatoms. The topological polar surface area (TPSA) is 9.23 Å². The predicted molar refractivity (Wildman–Crippen MR) is 69.4 cm³/mol. The fraction of sp³-hybridized carbons (Fsp3) is 1.00. The van der Waals surface area contributed by atoms with Crippen LogP contribution in [0.1, 0.15) is 6.92 Å². The molecule has 0 spiro atoms. The van der Waals surface area contributed by atoms with Crippen molar-refractivity contribution in [3.05, 3.63) is 0 Å². The van der Waals surface area contributed by atoms with Gasteiger partial charge in [0.05, 0.1) is 27.2 Å². The Balaban J connectivity index is 0. The van der Waals surface area contributed by atoms with Crippen LogP contribution in [-0.2, 0) is 4.74 Å². The Hall–Kier alpha value is -0.855. The summed E-state index contributed by atoms with van der Waals surface area (Å²) in [5.41, 5.74) is 0. The first kappa shape index (κ1) is 27.4. The highest BCUT2D eigenvalue weighted by Gasteiger charge is 2.84. The molecule has 0 amide bonds. The molecule has 0 radical (unpaired) electrons. The molecule has 0 aliphatic carbocycles. The molecule has 0 unspecified atom stereocenters. The molecule has 0 rings (SSSR count). The lowest BCUT2D eigenvalue weighted by molar-refractivity contribution is -0.888. The first-order valence-corrected chi connectivity index (χ1v) is 6.83. The SMILES string of the molecule is CC[N+](C)(C)CCOC.F[B-](F)(F)C(F)(F)C(F)(F)C(F)(F)C(F)(F)F. The summed E-state index contributed by atoms with van der Waals surface area (Å²) < 4.78 is 146. The molecule has 0 aromatic carbocycles. The predicted octanol–water partition coefficient (Wildman–Crippen LogP) is 4.57. The van der Waals surface area contributed by atoms with Gasteiger partial charge < -0.3 is 22.2 Å². The molecule has 0 aliphatic rings. The number of nitrogens with zero attached hydrogens (tertiary/aromatic N) is 1. The molecule has 0 atom stereocenters. The molecule has 0 saturated heterocycles. The first-order valence-electron chi connectivity index (χ1n) is 6.83. The molecule has 160 valence electrons. The van der Waals surface area contributed by atoms with Gasteiger partial charge in [-0.25, -0.2) is 8.78 Å². The lowest BCUT2D eigenvalue weighted by Gasteiger charge is -2.38. The molecule has 0 saturated carbocycles. The third-order valence-electron chi connectivity index (χ3n) is 3.34. The zero-order valence-electron chi connectivity index (χ0n) is 14.1. The van der Waals surface area contributed by atoms with Crippen molar-refractivity contribution in [1.82, 2.24) is 0 Å². The van der Waals surface area contributed by atoms with E-state index in [0.717, 1.165) is 17.6 Å². The summed E-state index contributed by atoms with van der Waals surface area (Å²) in [6, 6.07) is 0. The van der Waals surface area contributed by atoms with Crippen molar-refractivity contribution >= 4 is 6.98 Å². The summed E-state index contributed by atoms with van der Waals surface area (Å²) in [5, 5.41) is 0. The van der Waals surface area contributed by atoms with Crippen molar-refractivity contribution in [1.29, 1.82) is 0 Å². The maximum atomic E-state index is 12.0. The van der Waals surface area contributed by atoms with Gasteiger partial charge >= 0.3 is 25.0 Å². The molecular weight excluding hydrogens is 401 g/mol. The van der Waals surface area contributed by atoms with E-state index in [1.807, 2.05) is 0 Å². The second-order valence-corrected chi connectivity index (χ2v) is 5.81. The average molecular weight is 419 g/mol. The van der Waals surface area contributed by atoms with E-state index < -0.39 is 30.8 Å². The molecule has 0 heterocycles. The van der Waals surface area contributed by atoms with Crippen molar-refractivity contribution in [3.8, 4) is 0 Å². The molecule has 0 aromatic rings. The van der Waals surface area contributed by atoms with E-state index in [0.29, 0.717) is 0 Å². The van der Waals surface area contributed by atoms with Crippen LogP contribution in [0.4, 0.5) is 52.5 Å². The molecule has 0 bridgehead atoms. The summed E-state index contributed by atoms with van der Waals surface area (Å²) in [5.74, 6) is -22.6. The molecule has 0 aliphatic heterocycles. The molecule has 0 aromatic heterocycles. The summed E-state index contributed by atoms with van der Waals surface area (Å²) in [7, 11) is 6.16. The van der Waals surface area contributed by atoms with Gasteiger partial charge in [0.15, 0.2) is 0 Å². The normalized spacial score (nSPS) is 14.8. The Labute approximate surface area is 141 Å². The van der Waals surface area contributed by atoms with Crippen molar-refractivity contribution < 1.29 is 61.7 Å². The van der Waals surface area contributed by atoms with Crippen LogP contribution in [-0.4, -0.2) is 76.2 Å². The molecular formula is C11H18BF12NO.